The van der Waals surface area contributed by atoms with Crippen molar-refractivity contribution in [2.45, 2.75) is 19.9 Å². The number of hydrogen-bond donors (Lipinski definition) is 1. The predicted molar refractivity (Wildman–Crippen MR) is 53.9 cm³/mol. The molecule has 1 rings (SSSR count). The van der Waals surface area contributed by atoms with Crippen LogP contribution in [0.25, 0.3) is 0 Å². The van der Waals surface area contributed by atoms with Crippen molar-refractivity contribution in [3.05, 3.63) is 29.8 Å². The quantitative estimate of drug-likeness (QED) is 0.593. The van der Waals surface area contributed by atoms with Crippen LogP contribution in [0.5, 0.6) is 0 Å². The van der Waals surface area contributed by atoms with Gasteiger partial charge in [0.15, 0.2) is 0 Å². The van der Waals surface area contributed by atoms with Crippen LogP contribution in [-0.4, -0.2) is 15.8 Å². The van der Waals surface area contributed by atoms with Crippen LogP contribution >= 0.6 is 12.8 Å². The second-order valence-electron chi connectivity index (χ2n) is 2.88. The summed E-state index contributed by atoms with van der Waals surface area (Å²) in [5.74, 6) is -0.440. The van der Waals surface area contributed by atoms with E-state index in [9.17, 15) is 4.39 Å². The highest BCUT2D eigenvalue weighted by molar-refractivity contribution is 7.77. The fourth-order valence-electron chi connectivity index (χ4n) is 1.05. The van der Waals surface area contributed by atoms with Crippen LogP contribution < -0.4 is 0 Å². The highest BCUT2D eigenvalue weighted by Crippen LogP contribution is 2.06. The van der Waals surface area contributed by atoms with Gasteiger partial charge in [-0.15, -0.1) is 0 Å². The first-order valence-corrected chi connectivity index (χ1v) is 4.66. The lowest BCUT2D eigenvalue weighted by Crippen LogP contribution is -2.12. The minimum Gasteiger partial charge on any atom is -0.249 e. The maximum absolute atomic E-state index is 12.4. The number of aromatic nitrogens is 1. The molecule has 0 N–H and O–H groups in total. The monoisotopic (exact) mass is 200 g/mol. The lowest BCUT2D eigenvalue weighted by molar-refractivity contribution is 0.469. The van der Waals surface area contributed by atoms with Crippen LogP contribution in [0.4, 0.5) is 4.39 Å². The van der Waals surface area contributed by atoms with E-state index in [-0.39, 0.29) is 0 Å². The second-order valence-corrected chi connectivity index (χ2v) is 3.44. The fourth-order valence-corrected chi connectivity index (χ4v) is 1.41. The zero-order valence-corrected chi connectivity index (χ0v) is 8.47. The van der Waals surface area contributed by atoms with E-state index in [1.54, 1.807) is 6.07 Å². The Balaban J connectivity index is 2.49. The largest absolute Gasteiger partial charge is 0.249 e. The Morgan fingerprint density at radius 1 is 1.54 bits per heavy atom. The van der Waals surface area contributed by atoms with Crippen molar-refractivity contribution in [1.82, 2.24) is 9.29 Å². The normalized spacial score (nSPS) is 10.8. The molecular formula is C9H13FN2S. The summed E-state index contributed by atoms with van der Waals surface area (Å²) in [5.41, 5.74) is 0.977. The lowest BCUT2D eigenvalue weighted by atomic mass is 10.3. The lowest BCUT2D eigenvalue weighted by Gasteiger charge is -2.13. The highest BCUT2D eigenvalue weighted by atomic mass is 32.1. The molecule has 1 aromatic rings. The first kappa shape index (κ1) is 10.5. The first-order valence-electron chi connectivity index (χ1n) is 4.26. The van der Waals surface area contributed by atoms with Crippen LogP contribution in [0.1, 0.15) is 18.9 Å². The van der Waals surface area contributed by atoms with E-state index in [4.69, 9.17) is 0 Å². The molecule has 1 heterocycles. The Kier molecular flexibility index (Phi) is 4.18. The van der Waals surface area contributed by atoms with Crippen LogP contribution in [0.2, 0.25) is 0 Å². The van der Waals surface area contributed by atoms with E-state index in [0.29, 0.717) is 6.54 Å². The smallest absolute Gasteiger partial charge is 0.212 e. The Hall–Kier alpha value is -0.610. The molecule has 0 aliphatic carbocycles. The van der Waals surface area contributed by atoms with Crippen LogP contribution in [0.3, 0.4) is 0 Å². The standard InChI is InChI=1S/C9H13FN2S/c1-2-5-12(13)7-8-3-4-9(10)11-6-8/h3-4,6,13H,2,5,7H2,1H3. The van der Waals surface area contributed by atoms with E-state index in [0.717, 1.165) is 18.5 Å². The predicted octanol–water partition coefficient (Wildman–Crippen LogP) is 2.28. The van der Waals surface area contributed by atoms with Crippen LogP contribution in [0.15, 0.2) is 18.3 Å². The number of thiol groups is 1. The van der Waals surface area contributed by atoms with Crippen LogP contribution in [-0.2, 0) is 6.54 Å². The number of rotatable bonds is 4. The molecule has 0 saturated heterocycles. The summed E-state index contributed by atoms with van der Waals surface area (Å²) in [7, 11) is 0. The molecule has 0 radical (unpaired) electrons. The molecule has 0 aliphatic heterocycles. The maximum Gasteiger partial charge on any atom is 0.212 e. The molecular weight excluding hydrogens is 187 g/mol. The molecule has 0 aliphatic rings. The third kappa shape index (κ3) is 3.74. The number of pyridine rings is 1. The van der Waals surface area contributed by atoms with Crippen molar-refractivity contribution in [3.63, 3.8) is 0 Å². The van der Waals surface area contributed by atoms with Gasteiger partial charge in [0.25, 0.3) is 0 Å². The van der Waals surface area contributed by atoms with Crippen molar-refractivity contribution in [2.75, 3.05) is 6.54 Å². The number of nitrogens with zero attached hydrogens (tertiary/aromatic N) is 2. The summed E-state index contributed by atoms with van der Waals surface area (Å²) in [6, 6.07) is 3.09. The molecule has 72 valence electrons. The van der Waals surface area contributed by atoms with Gasteiger partial charge >= 0.3 is 0 Å². The molecule has 0 unspecified atom stereocenters. The minimum absolute atomic E-state index is 0.440. The summed E-state index contributed by atoms with van der Waals surface area (Å²) in [6.45, 7) is 3.71. The van der Waals surface area contributed by atoms with E-state index >= 15 is 0 Å². The molecule has 4 heteroatoms. The first-order chi connectivity index (χ1) is 6.22. The molecule has 13 heavy (non-hydrogen) atoms. The van der Waals surface area contributed by atoms with Crippen molar-refractivity contribution < 1.29 is 4.39 Å². The molecule has 0 saturated carbocycles. The van der Waals surface area contributed by atoms with Crippen LogP contribution in [0, 0.1) is 5.95 Å². The molecule has 1 aromatic heterocycles. The van der Waals surface area contributed by atoms with E-state index in [1.165, 1.54) is 12.3 Å². The second kappa shape index (κ2) is 5.19. The van der Waals surface area contributed by atoms with E-state index < -0.39 is 5.95 Å². The minimum atomic E-state index is -0.440. The Morgan fingerprint density at radius 3 is 2.85 bits per heavy atom. The highest BCUT2D eigenvalue weighted by Gasteiger charge is 2.00. The van der Waals surface area contributed by atoms with Gasteiger partial charge in [-0.05, 0) is 18.1 Å². The fraction of sp³-hybridized carbons (Fsp3) is 0.444. The van der Waals surface area contributed by atoms with Crippen molar-refractivity contribution in [1.29, 1.82) is 0 Å². The Bertz CT molecular complexity index is 250. The average Bonchev–Trinajstić information content (AvgIpc) is 2.09. The third-order valence-corrected chi connectivity index (χ3v) is 1.98. The summed E-state index contributed by atoms with van der Waals surface area (Å²) >= 11 is 4.26. The molecule has 2 nitrogen and oxygen atoms in total. The van der Waals surface area contributed by atoms with Gasteiger partial charge in [-0.3, -0.25) is 0 Å². The summed E-state index contributed by atoms with van der Waals surface area (Å²) < 4.78 is 14.3. The zero-order valence-electron chi connectivity index (χ0n) is 7.57. The molecule has 0 atom stereocenters. The molecule has 0 aromatic carbocycles. The number of halogens is 1. The van der Waals surface area contributed by atoms with Gasteiger partial charge in [-0.1, -0.05) is 25.8 Å². The van der Waals surface area contributed by atoms with Gasteiger partial charge in [0.05, 0.1) is 0 Å². The maximum atomic E-state index is 12.4. The van der Waals surface area contributed by atoms with Gasteiger partial charge < -0.3 is 0 Å². The molecule has 0 fully saturated rings. The Morgan fingerprint density at radius 2 is 2.31 bits per heavy atom. The molecule has 0 spiro atoms. The van der Waals surface area contributed by atoms with Gasteiger partial charge in [-0.2, -0.15) is 4.39 Å². The van der Waals surface area contributed by atoms with Gasteiger partial charge in [-0.25, -0.2) is 9.29 Å². The molecule has 0 amide bonds. The topological polar surface area (TPSA) is 16.1 Å². The average molecular weight is 200 g/mol. The SMILES string of the molecule is CCCN(S)Cc1ccc(F)nc1. The van der Waals surface area contributed by atoms with Gasteiger partial charge in [0, 0.05) is 19.3 Å². The Labute approximate surface area is 83.3 Å². The van der Waals surface area contributed by atoms with E-state index in [2.05, 4.69) is 24.7 Å². The summed E-state index contributed by atoms with van der Waals surface area (Å²) in [6.07, 6.45) is 2.59. The zero-order chi connectivity index (χ0) is 9.68. The third-order valence-electron chi connectivity index (χ3n) is 1.64. The number of hydrogen-bond acceptors (Lipinski definition) is 3. The van der Waals surface area contributed by atoms with Crippen molar-refractivity contribution in [2.24, 2.45) is 0 Å². The van der Waals surface area contributed by atoms with Crippen molar-refractivity contribution >= 4 is 12.8 Å². The molecule has 0 bridgehead atoms. The summed E-state index contributed by atoms with van der Waals surface area (Å²) in [5, 5.41) is 0. The summed E-state index contributed by atoms with van der Waals surface area (Å²) in [4.78, 5) is 3.57. The van der Waals surface area contributed by atoms with Gasteiger partial charge in [0.1, 0.15) is 0 Å². The van der Waals surface area contributed by atoms with Crippen molar-refractivity contribution in [3.8, 4) is 0 Å². The van der Waals surface area contributed by atoms with E-state index in [1.807, 2.05) is 4.31 Å². The van der Waals surface area contributed by atoms with Gasteiger partial charge in [0.2, 0.25) is 5.95 Å².